The van der Waals surface area contributed by atoms with Gasteiger partial charge in [-0.05, 0) is 37.3 Å². The normalized spacial score (nSPS) is 11.5. The number of carbonyl (C=O) groups excluding carboxylic acids is 1. The molecule has 1 heterocycles. The van der Waals surface area contributed by atoms with Crippen molar-refractivity contribution in [2.24, 2.45) is 0 Å². The van der Waals surface area contributed by atoms with Gasteiger partial charge in [0.2, 0.25) is 5.91 Å². The third-order valence-corrected chi connectivity index (χ3v) is 6.49. The Balaban J connectivity index is 1.64. The van der Waals surface area contributed by atoms with E-state index in [0.717, 1.165) is 15.8 Å². The number of hydrogen-bond donors (Lipinski definition) is 1. The molecule has 0 atom stereocenters. The zero-order valence-corrected chi connectivity index (χ0v) is 16.0. The van der Waals surface area contributed by atoms with Gasteiger partial charge in [0.1, 0.15) is 5.75 Å². The molecule has 3 rings (SSSR count). The van der Waals surface area contributed by atoms with Gasteiger partial charge in [-0.3, -0.25) is 4.79 Å². The zero-order chi connectivity index (χ0) is 18.7. The molecule has 0 spiro atoms. The third kappa shape index (κ3) is 4.20. The number of amides is 1. The average Bonchev–Trinajstić information content (AvgIpc) is 3.01. The van der Waals surface area contributed by atoms with Gasteiger partial charge in [-0.2, -0.15) is 0 Å². The maximum Gasteiger partial charge on any atom is 0.227 e. The number of benzene rings is 2. The quantitative estimate of drug-likeness (QED) is 0.697. The Morgan fingerprint density at radius 1 is 1.19 bits per heavy atom. The van der Waals surface area contributed by atoms with Crippen LogP contribution >= 0.6 is 11.3 Å². The van der Waals surface area contributed by atoms with Gasteiger partial charge in [-0.25, -0.2) is 13.4 Å². The van der Waals surface area contributed by atoms with Crippen molar-refractivity contribution in [1.82, 2.24) is 4.98 Å². The number of sulfone groups is 1. The highest BCUT2D eigenvalue weighted by Gasteiger charge is 2.17. The zero-order valence-electron chi connectivity index (χ0n) is 14.4. The molecule has 1 aromatic heterocycles. The Morgan fingerprint density at radius 3 is 2.62 bits per heavy atom. The van der Waals surface area contributed by atoms with E-state index in [1.54, 1.807) is 37.4 Å². The minimum atomic E-state index is -3.49. The molecule has 0 saturated heterocycles. The molecule has 0 aliphatic rings. The maximum absolute atomic E-state index is 12.3. The largest absolute Gasteiger partial charge is 0.497 e. The molecule has 0 unspecified atom stereocenters. The number of hydrogen-bond acceptors (Lipinski definition) is 6. The first kappa shape index (κ1) is 18.3. The topological polar surface area (TPSA) is 85.4 Å². The third-order valence-electron chi connectivity index (χ3n) is 3.82. The summed E-state index contributed by atoms with van der Waals surface area (Å²) in [4.78, 5) is 16.7. The van der Waals surface area contributed by atoms with Gasteiger partial charge >= 0.3 is 0 Å². The van der Waals surface area contributed by atoms with E-state index < -0.39 is 9.84 Å². The monoisotopic (exact) mass is 390 g/mol. The Morgan fingerprint density at radius 2 is 1.92 bits per heavy atom. The molecule has 0 fully saturated rings. The fraction of sp³-hybridized carbons (Fsp3) is 0.222. The van der Waals surface area contributed by atoms with Gasteiger partial charge in [0.25, 0.3) is 0 Å². The minimum absolute atomic E-state index is 0.130. The van der Waals surface area contributed by atoms with Crippen molar-refractivity contribution in [3.8, 4) is 5.75 Å². The van der Waals surface area contributed by atoms with Crippen LogP contribution in [0.5, 0.6) is 5.75 Å². The van der Waals surface area contributed by atoms with E-state index in [1.165, 1.54) is 11.3 Å². The van der Waals surface area contributed by atoms with Crippen LogP contribution < -0.4 is 10.1 Å². The number of fused-ring (bicyclic) bond motifs is 1. The van der Waals surface area contributed by atoms with Crippen LogP contribution in [-0.4, -0.2) is 32.2 Å². The second-order valence-electron chi connectivity index (χ2n) is 5.78. The number of carbonyl (C=O) groups is 1. The number of aryl methyl sites for hydroxylation is 1. The van der Waals surface area contributed by atoms with Gasteiger partial charge in [0.15, 0.2) is 15.0 Å². The summed E-state index contributed by atoms with van der Waals surface area (Å²) in [7, 11) is -1.91. The number of rotatable bonds is 6. The molecule has 2 aromatic carbocycles. The highest BCUT2D eigenvalue weighted by molar-refractivity contribution is 7.91. The van der Waals surface area contributed by atoms with E-state index in [9.17, 15) is 13.2 Å². The fourth-order valence-electron chi connectivity index (χ4n) is 2.36. The minimum Gasteiger partial charge on any atom is -0.497 e. The van der Waals surface area contributed by atoms with Gasteiger partial charge in [-0.15, -0.1) is 0 Å². The number of aromatic nitrogens is 1. The first-order chi connectivity index (χ1) is 12.4. The van der Waals surface area contributed by atoms with Crippen molar-refractivity contribution in [1.29, 1.82) is 0 Å². The Labute approximate surface area is 155 Å². The molecule has 0 aliphatic carbocycles. The lowest BCUT2D eigenvalue weighted by Crippen LogP contribution is -2.17. The van der Waals surface area contributed by atoms with Crippen LogP contribution in [0.25, 0.3) is 10.2 Å². The summed E-state index contributed by atoms with van der Waals surface area (Å²) in [6.07, 6.45) is -0.130. The van der Waals surface area contributed by atoms with E-state index in [2.05, 4.69) is 10.3 Å². The van der Waals surface area contributed by atoms with Crippen LogP contribution in [0.2, 0.25) is 0 Å². The molecule has 1 amide bonds. The van der Waals surface area contributed by atoms with Crippen molar-refractivity contribution in [3.05, 3.63) is 48.0 Å². The van der Waals surface area contributed by atoms with Crippen LogP contribution in [0, 0.1) is 6.92 Å². The maximum atomic E-state index is 12.3. The average molecular weight is 390 g/mol. The Hall–Kier alpha value is -2.45. The summed E-state index contributed by atoms with van der Waals surface area (Å²) in [5, 5.41) is 3.10. The van der Waals surface area contributed by atoms with Crippen molar-refractivity contribution in [2.45, 2.75) is 18.2 Å². The van der Waals surface area contributed by atoms with E-state index >= 15 is 0 Å². The summed E-state index contributed by atoms with van der Waals surface area (Å²) >= 11 is 1.31. The molecule has 26 heavy (non-hydrogen) atoms. The summed E-state index contributed by atoms with van der Waals surface area (Å²) < 4.78 is 30.7. The van der Waals surface area contributed by atoms with Crippen LogP contribution in [0.1, 0.15) is 12.0 Å². The second kappa shape index (κ2) is 7.43. The first-order valence-corrected chi connectivity index (χ1v) is 10.4. The smallest absolute Gasteiger partial charge is 0.227 e. The number of nitrogens with zero attached hydrogens (tertiary/aromatic N) is 1. The lowest BCUT2D eigenvalue weighted by Gasteiger charge is -2.05. The van der Waals surface area contributed by atoms with Crippen molar-refractivity contribution in [3.63, 3.8) is 0 Å². The van der Waals surface area contributed by atoms with Crippen molar-refractivity contribution < 1.29 is 17.9 Å². The SMILES string of the molecule is COc1ccc2nc(NC(=O)CCS(=O)(=O)c3ccc(C)cc3)sc2c1. The molecule has 8 heteroatoms. The van der Waals surface area contributed by atoms with E-state index in [1.807, 2.05) is 19.1 Å². The van der Waals surface area contributed by atoms with Gasteiger partial charge in [0.05, 0.1) is 28.0 Å². The van der Waals surface area contributed by atoms with Crippen LogP contribution in [0.3, 0.4) is 0 Å². The van der Waals surface area contributed by atoms with Gasteiger partial charge in [-0.1, -0.05) is 29.0 Å². The molecule has 136 valence electrons. The second-order valence-corrected chi connectivity index (χ2v) is 8.92. The molecule has 0 aliphatic heterocycles. The molecular formula is C18H18N2O4S2. The van der Waals surface area contributed by atoms with Gasteiger partial charge < -0.3 is 10.1 Å². The number of anilines is 1. The standard InChI is InChI=1S/C18H18N2O4S2/c1-12-3-6-14(7-4-12)26(22,23)10-9-17(21)20-18-19-15-8-5-13(24-2)11-16(15)25-18/h3-8,11H,9-10H2,1-2H3,(H,19,20,21). The number of ether oxygens (including phenoxy) is 1. The first-order valence-electron chi connectivity index (χ1n) is 7.91. The van der Waals surface area contributed by atoms with E-state index in [-0.39, 0.29) is 23.0 Å². The molecule has 1 N–H and O–H groups in total. The molecule has 6 nitrogen and oxygen atoms in total. The molecule has 0 bridgehead atoms. The van der Waals surface area contributed by atoms with E-state index in [4.69, 9.17) is 4.74 Å². The molecule has 3 aromatic rings. The summed E-state index contributed by atoms with van der Waals surface area (Å²) in [5.41, 5.74) is 1.73. The van der Waals surface area contributed by atoms with Crippen LogP contribution in [0.15, 0.2) is 47.4 Å². The predicted molar refractivity (Wildman–Crippen MR) is 103 cm³/mol. The lowest BCUT2D eigenvalue weighted by molar-refractivity contribution is -0.115. The Bertz CT molecular complexity index is 1040. The fourth-order valence-corrected chi connectivity index (χ4v) is 4.51. The van der Waals surface area contributed by atoms with Crippen molar-refractivity contribution >= 4 is 42.4 Å². The molecular weight excluding hydrogens is 372 g/mol. The predicted octanol–water partition coefficient (Wildman–Crippen LogP) is 3.42. The van der Waals surface area contributed by atoms with Gasteiger partial charge in [0, 0.05) is 6.42 Å². The highest BCUT2D eigenvalue weighted by atomic mass is 32.2. The van der Waals surface area contributed by atoms with Crippen LogP contribution in [0.4, 0.5) is 5.13 Å². The molecule has 0 saturated carbocycles. The number of nitrogens with one attached hydrogen (secondary N) is 1. The summed E-state index contributed by atoms with van der Waals surface area (Å²) in [6, 6.07) is 12.0. The summed E-state index contributed by atoms with van der Waals surface area (Å²) in [6.45, 7) is 1.89. The highest BCUT2D eigenvalue weighted by Crippen LogP contribution is 2.29. The lowest BCUT2D eigenvalue weighted by atomic mass is 10.2. The van der Waals surface area contributed by atoms with Crippen molar-refractivity contribution in [2.75, 3.05) is 18.2 Å². The number of thiazole rings is 1. The summed E-state index contributed by atoms with van der Waals surface area (Å²) in [5.74, 6) is 0.0792. The van der Waals surface area contributed by atoms with E-state index in [0.29, 0.717) is 10.9 Å². The Kier molecular flexibility index (Phi) is 5.24. The van der Waals surface area contributed by atoms with Crippen LogP contribution in [-0.2, 0) is 14.6 Å². The number of methoxy groups -OCH3 is 1. The molecule has 0 radical (unpaired) electrons.